The second-order valence-electron chi connectivity index (χ2n) is 8.63. The summed E-state index contributed by atoms with van der Waals surface area (Å²) in [4.78, 5) is 41.1. The summed E-state index contributed by atoms with van der Waals surface area (Å²) in [6.07, 6.45) is 0.335. The molecule has 0 radical (unpaired) electrons. The van der Waals surface area contributed by atoms with Gasteiger partial charge in [0, 0.05) is 25.8 Å². The minimum absolute atomic E-state index is 0.166. The van der Waals surface area contributed by atoms with Crippen molar-refractivity contribution in [1.82, 2.24) is 4.90 Å². The number of hydrogen-bond donors (Lipinski definition) is 1. The number of carbonyl (C=O) groups excluding carboxylic acids is 2. The first-order valence-electron chi connectivity index (χ1n) is 11.5. The molecule has 4 rings (SSSR count). The molecular formula is C28H28N2O5. The summed E-state index contributed by atoms with van der Waals surface area (Å²) in [5.41, 5.74) is 3.87. The van der Waals surface area contributed by atoms with Crippen molar-refractivity contribution in [3.8, 4) is 0 Å². The molecule has 7 nitrogen and oxygen atoms in total. The van der Waals surface area contributed by atoms with E-state index >= 15 is 0 Å². The van der Waals surface area contributed by atoms with Crippen LogP contribution < -0.4 is 4.90 Å². The summed E-state index contributed by atoms with van der Waals surface area (Å²) in [7, 11) is 1.72. The highest BCUT2D eigenvalue weighted by Crippen LogP contribution is 2.30. The molecule has 1 amide bonds. The lowest BCUT2D eigenvalue weighted by Crippen LogP contribution is -2.46. The molecule has 3 aromatic rings. The number of anilines is 1. The van der Waals surface area contributed by atoms with E-state index in [-0.39, 0.29) is 25.5 Å². The van der Waals surface area contributed by atoms with Gasteiger partial charge in [0.05, 0.1) is 12.0 Å². The first-order valence-corrected chi connectivity index (χ1v) is 11.5. The predicted octanol–water partition coefficient (Wildman–Crippen LogP) is 3.91. The first-order chi connectivity index (χ1) is 16.9. The molecule has 1 N–H and O–H groups in total. The molecule has 0 aliphatic carbocycles. The molecule has 0 saturated heterocycles. The summed E-state index contributed by atoms with van der Waals surface area (Å²) in [5, 5.41) is 9.45. The van der Waals surface area contributed by atoms with Crippen molar-refractivity contribution >= 4 is 23.5 Å². The van der Waals surface area contributed by atoms with Crippen LogP contribution in [0.15, 0.2) is 78.9 Å². The predicted molar refractivity (Wildman–Crippen MR) is 132 cm³/mol. The van der Waals surface area contributed by atoms with Crippen LogP contribution in [0.3, 0.4) is 0 Å². The zero-order chi connectivity index (χ0) is 24.8. The fourth-order valence-corrected chi connectivity index (χ4v) is 4.31. The van der Waals surface area contributed by atoms with Gasteiger partial charge in [0.25, 0.3) is 0 Å². The number of rotatable bonds is 8. The van der Waals surface area contributed by atoms with Gasteiger partial charge in [-0.3, -0.25) is 9.59 Å². The van der Waals surface area contributed by atoms with Crippen LogP contribution in [0.25, 0.3) is 0 Å². The Bertz CT molecular complexity index is 1200. The molecule has 0 saturated carbocycles. The van der Waals surface area contributed by atoms with Gasteiger partial charge >= 0.3 is 11.9 Å². The fourth-order valence-electron chi connectivity index (χ4n) is 4.31. The summed E-state index contributed by atoms with van der Waals surface area (Å²) >= 11 is 0. The van der Waals surface area contributed by atoms with Crippen molar-refractivity contribution in [3.05, 3.63) is 101 Å². The van der Waals surface area contributed by atoms with Crippen LogP contribution in [0.1, 0.15) is 33.5 Å². The Morgan fingerprint density at radius 2 is 1.63 bits per heavy atom. The molecule has 0 spiro atoms. The minimum atomic E-state index is -1.04. The molecule has 180 valence electrons. The molecule has 3 aromatic carbocycles. The summed E-state index contributed by atoms with van der Waals surface area (Å²) in [6, 6.07) is 23.6. The lowest BCUT2D eigenvalue weighted by Gasteiger charge is -2.29. The topological polar surface area (TPSA) is 87.2 Å². The van der Waals surface area contributed by atoms with E-state index in [0.717, 1.165) is 22.4 Å². The van der Waals surface area contributed by atoms with E-state index in [1.54, 1.807) is 35.0 Å². The van der Waals surface area contributed by atoms with E-state index in [4.69, 9.17) is 4.74 Å². The maximum Gasteiger partial charge on any atom is 0.338 e. The van der Waals surface area contributed by atoms with Crippen molar-refractivity contribution in [3.63, 3.8) is 0 Å². The Morgan fingerprint density at radius 1 is 0.971 bits per heavy atom. The zero-order valence-corrected chi connectivity index (χ0v) is 19.6. The Morgan fingerprint density at radius 3 is 2.29 bits per heavy atom. The highest BCUT2D eigenvalue weighted by Gasteiger charge is 2.34. The number of carbonyl (C=O) groups is 3. The fraction of sp³-hybridized carbons (Fsp3) is 0.250. The van der Waals surface area contributed by atoms with Crippen LogP contribution in [-0.2, 0) is 33.9 Å². The third kappa shape index (κ3) is 5.87. The number of nitrogens with zero attached hydrogens (tertiary/aromatic N) is 2. The second-order valence-corrected chi connectivity index (χ2v) is 8.63. The second kappa shape index (κ2) is 10.9. The van der Waals surface area contributed by atoms with E-state index in [9.17, 15) is 19.5 Å². The Labute approximate surface area is 204 Å². The molecule has 1 aliphatic rings. The van der Waals surface area contributed by atoms with Crippen molar-refractivity contribution < 1.29 is 24.2 Å². The molecule has 1 aliphatic heterocycles. The number of amides is 1. The van der Waals surface area contributed by atoms with Gasteiger partial charge in [0.2, 0.25) is 5.91 Å². The monoisotopic (exact) mass is 472 g/mol. The van der Waals surface area contributed by atoms with E-state index in [2.05, 4.69) is 0 Å². The summed E-state index contributed by atoms with van der Waals surface area (Å²) < 4.78 is 5.48. The number of carboxylic acids is 1. The van der Waals surface area contributed by atoms with Gasteiger partial charge in [-0.25, -0.2) is 4.79 Å². The molecular weight excluding hydrogens is 444 g/mol. The molecule has 0 bridgehead atoms. The van der Waals surface area contributed by atoms with E-state index < -0.39 is 18.0 Å². The summed E-state index contributed by atoms with van der Waals surface area (Å²) in [5.74, 6) is -1.73. The highest BCUT2D eigenvalue weighted by molar-refractivity contribution is 5.93. The SMILES string of the molecule is CN1c2ccc(C(=O)OCc3ccccc3)cc2CN(CCc2ccccc2)C(=O)C1CC(=O)O. The van der Waals surface area contributed by atoms with Crippen LogP contribution in [0, 0.1) is 0 Å². The number of hydrogen-bond acceptors (Lipinski definition) is 5. The number of carboxylic acid groups (broad SMARTS) is 1. The van der Waals surface area contributed by atoms with Crippen LogP contribution in [0.4, 0.5) is 5.69 Å². The van der Waals surface area contributed by atoms with E-state index in [0.29, 0.717) is 18.5 Å². The standard InChI is InChI=1S/C28H28N2O5/c1-29-24-13-12-22(28(34)35-19-21-10-6-3-7-11-21)16-23(24)18-30(27(33)25(29)17-26(31)32)15-14-20-8-4-2-5-9-20/h2-13,16,25H,14-15,17-19H2,1H3,(H,31,32). The normalized spacial score (nSPS) is 15.3. The third-order valence-corrected chi connectivity index (χ3v) is 6.21. The van der Waals surface area contributed by atoms with Gasteiger partial charge < -0.3 is 19.6 Å². The quantitative estimate of drug-likeness (QED) is 0.501. The van der Waals surface area contributed by atoms with Gasteiger partial charge in [-0.15, -0.1) is 0 Å². The van der Waals surface area contributed by atoms with Crippen LogP contribution >= 0.6 is 0 Å². The van der Waals surface area contributed by atoms with Gasteiger partial charge in [0.1, 0.15) is 12.6 Å². The highest BCUT2D eigenvalue weighted by atomic mass is 16.5. The number of fused-ring (bicyclic) bond motifs is 1. The smallest absolute Gasteiger partial charge is 0.338 e. The maximum atomic E-state index is 13.4. The van der Waals surface area contributed by atoms with Crippen molar-refractivity contribution in [2.75, 3.05) is 18.5 Å². The Kier molecular flexibility index (Phi) is 7.45. The zero-order valence-electron chi connectivity index (χ0n) is 19.6. The van der Waals surface area contributed by atoms with Crippen molar-refractivity contribution in [1.29, 1.82) is 0 Å². The van der Waals surface area contributed by atoms with Crippen LogP contribution in [0.5, 0.6) is 0 Å². The van der Waals surface area contributed by atoms with Crippen molar-refractivity contribution in [2.45, 2.75) is 32.0 Å². The van der Waals surface area contributed by atoms with Gasteiger partial charge in [-0.1, -0.05) is 60.7 Å². The Hall–Kier alpha value is -4.13. The third-order valence-electron chi connectivity index (χ3n) is 6.21. The largest absolute Gasteiger partial charge is 0.481 e. The number of aliphatic carboxylic acids is 1. The summed E-state index contributed by atoms with van der Waals surface area (Å²) in [6.45, 7) is 0.884. The first kappa shape index (κ1) is 24.0. The number of likely N-dealkylation sites (N-methyl/N-ethyl adjacent to an activating group) is 1. The maximum absolute atomic E-state index is 13.4. The number of benzene rings is 3. The number of ether oxygens (including phenoxy) is 1. The van der Waals surface area contributed by atoms with E-state index in [1.165, 1.54) is 0 Å². The van der Waals surface area contributed by atoms with Gasteiger partial charge in [-0.05, 0) is 41.3 Å². The molecule has 0 aromatic heterocycles. The van der Waals surface area contributed by atoms with Gasteiger partial charge in [0.15, 0.2) is 0 Å². The lowest BCUT2D eigenvalue weighted by molar-refractivity contribution is -0.142. The molecule has 1 heterocycles. The Balaban J connectivity index is 1.58. The van der Waals surface area contributed by atoms with Crippen LogP contribution in [-0.4, -0.2) is 47.5 Å². The molecule has 1 atom stereocenters. The molecule has 7 heteroatoms. The minimum Gasteiger partial charge on any atom is -0.481 e. The average molecular weight is 473 g/mol. The average Bonchev–Trinajstić information content (AvgIpc) is 2.97. The molecule has 1 unspecified atom stereocenters. The van der Waals surface area contributed by atoms with E-state index in [1.807, 2.05) is 60.7 Å². The van der Waals surface area contributed by atoms with Crippen molar-refractivity contribution in [2.24, 2.45) is 0 Å². The molecule has 35 heavy (non-hydrogen) atoms. The number of esters is 1. The van der Waals surface area contributed by atoms with Crippen LogP contribution in [0.2, 0.25) is 0 Å². The lowest BCUT2D eigenvalue weighted by atomic mass is 10.1. The van der Waals surface area contributed by atoms with Gasteiger partial charge in [-0.2, -0.15) is 0 Å². The molecule has 0 fully saturated rings.